The number of thiophene rings is 1. The normalized spacial score (nSPS) is 28.8. The Bertz CT molecular complexity index is 627. The van der Waals surface area contributed by atoms with Gasteiger partial charge in [0.15, 0.2) is 5.78 Å². The van der Waals surface area contributed by atoms with Gasteiger partial charge >= 0.3 is 12.1 Å². The van der Waals surface area contributed by atoms with Crippen molar-refractivity contribution < 1.29 is 27.5 Å². The summed E-state index contributed by atoms with van der Waals surface area (Å²) in [5.41, 5.74) is -0.154. The molecule has 4 nitrogen and oxygen atoms in total. The van der Waals surface area contributed by atoms with Crippen LogP contribution < -0.4 is 0 Å². The van der Waals surface area contributed by atoms with Crippen LogP contribution in [0.15, 0.2) is 11.4 Å². The van der Waals surface area contributed by atoms with Crippen molar-refractivity contribution in [2.24, 2.45) is 0 Å². The number of Topliss-reactive ketones (excluding diaryl/α,β-unsaturated/α-hetero) is 1. The molecule has 1 fully saturated rings. The largest absolute Gasteiger partial charge is 0.471 e. The monoisotopic (exact) mass is 333 g/mol. The lowest BCUT2D eigenvalue weighted by atomic mass is 9.82. The van der Waals surface area contributed by atoms with Crippen molar-refractivity contribution in [3.8, 4) is 0 Å². The Morgan fingerprint density at radius 3 is 2.86 bits per heavy atom. The van der Waals surface area contributed by atoms with Gasteiger partial charge in [0.25, 0.3) is 0 Å². The Kier molecular flexibility index (Phi) is 3.56. The second-order valence-corrected chi connectivity index (χ2v) is 6.59. The summed E-state index contributed by atoms with van der Waals surface area (Å²) in [5.74, 6) is -1.92. The summed E-state index contributed by atoms with van der Waals surface area (Å²) in [4.78, 5) is 24.9. The van der Waals surface area contributed by atoms with Gasteiger partial charge in [-0.1, -0.05) is 0 Å². The molecule has 8 heteroatoms. The van der Waals surface area contributed by atoms with Gasteiger partial charge in [-0.3, -0.25) is 9.59 Å². The van der Waals surface area contributed by atoms with Crippen LogP contribution in [0.4, 0.5) is 13.2 Å². The van der Waals surface area contributed by atoms with Gasteiger partial charge in [0.1, 0.15) is 12.2 Å². The van der Waals surface area contributed by atoms with Gasteiger partial charge in [0, 0.05) is 29.4 Å². The van der Waals surface area contributed by atoms with E-state index in [-0.39, 0.29) is 31.8 Å². The fourth-order valence-corrected chi connectivity index (χ4v) is 4.35. The lowest BCUT2D eigenvalue weighted by molar-refractivity contribution is -0.194. The van der Waals surface area contributed by atoms with Gasteiger partial charge in [0.05, 0.1) is 0 Å². The highest BCUT2D eigenvalue weighted by molar-refractivity contribution is 7.10. The van der Waals surface area contributed by atoms with Crippen molar-refractivity contribution in [3.05, 3.63) is 21.9 Å². The summed E-state index contributed by atoms with van der Waals surface area (Å²) in [5, 5.41) is 1.79. The van der Waals surface area contributed by atoms with E-state index in [1.165, 1.54) is 11.3 Å². The maximum Gasteiger partial charge on any atom is 0.471 e. The van der Waals surface area contributed by atoms with Crippen LogP contribution in [0.25, 0.3) is 0 Å². The molecule has 1 aromatic heterocycles. The van der Waals surface area contributed by atoms with Gasteiger partial charge in [0.2, 0.25) is 0 Å². The predicted molar refractivity (Wildman–Crippen MR) is 72.7 cm³/mol. The zero-order valence-electron chi connectivity index (χ0n) is 11.8. The Morgan fingerprint density at radius 2 is 2.23 bits per heavy atom. The number of nitrogens with zero attached hydrogens (tertiary/aromatic N) is 1. The molecule has 0 radical (unpaired) electrons. The van der Waals surface area contributed by atoms with Crippen LogP contribution in [0.2, 0.25) is 0 Å². The summed E-state index contributed by atoms with van der Waals surface area (Å²) in [6.07, 6.45) is -4.34. The van der Waals surface area contributed by atoms with E-state index in [0.717, 1.165) is 9.78 Å². The molecule has 120 valence electrons. The highest BCUT2D eigenvalue weighted by atomic mass is 32.1. The maximum atomic E-state index is 12.6. The van der Waals surface area contributed by atoms with Gasteiger partial charge in [-0.05, 0) is 24.8 Å². The summed E-state index contributed by atoms with van der Waals surface area (Å²) in [6.45, 7) is 1.48. The molecule has 3 heterocycles. The minimum atomic E-state index is -4.86. The van der Waals surface area contributed by atoms with Gasteiger partial charge in [-0.15, -0.1) is 11.3 Å². The molecule has 0 saturated carbocycles. The van der Waals surface area contributed by atoms with Crippen LogP contribution in [0, 0.1) is 0 Å². The molecule has 0 aliphatic carbocycles. The minimum absolute atomic E-state index is 0.0367. The summed E-state index contributed by atoms with van der Waals surface area (Å²) in [7, 11) is 0. The van der Waals surface area contributed by atoms with E-state index in [1.807, 2.05) is 0 Å². The summed E-state index contributed by atoms with van der Waals surface area (Å²) in [6, 6.07) is 1.12. The lowest BCUT2D eigenvalue weighted by Gasteiger charge is -2.46. The van der Waals surface area contributed by atoms with Crippen LogP contribution in [0.3, 0.4) is 0 Å². The smallest absolute Gasteiger partial charge is 0.361 e. The number of rotatable bonds is 0. The molecule has 0 unspecified atom stereocenters. The first-order valence-corrected chi connectivity index (χ1v) is 7.75. The molecule has 2 aliphatic heterocycles. The van der Waals surface area contributed by atoms with Crippen molar-refractivity contribution >= 4 is 23.0 Å². The standard InChI is InChI=1S/C14H14F3NO3S/c1-8-6-13(3-4-18(8)12(20)14(15,16)17)11-9(2-5-22-11)10(19)7-21-13/h2,5,8H,3-4,6-7H2,1H3/t8-,13+/m0/s1. The molecule has 0 N–H and O–H groups in total. The molecule has 1 spiro atoms. The molecule has 0 aromatic carbocycles. The number of piperidine rings is 1. The Labute approximate surface area is 128 Å². The number of ether oxygens (including phenoxy) is 1. The predicted octanol–water partition coefficient (Wildman–Crippen LogP) is 2.73. The highest BCUT2D eigenvalue weighted by Gasteiger charge is 2.51. The maximum absolute atomic E-state index is 12.6. The Balaban J connectivity index is 1.86. The molecule has 1 amide bonds. The second-order valence-electron chi connectivity index (χ2n) is 5.67. The van der Waals surface area contributed by atoms with E-state index < -0.39 is 23.7 Å². The Hall–Kier alpha value is -1.41. The first-order valence-electron chi connectivity index (χ1n) is 6.87. The van der Waals surface area contributed by atoms with Crippen molar-refractivity contribution in [3.63, 3.8) is 0 Å². The number of amides is 1. The number of likely N-dealkylation sites (tertiary alicyclic amines) is 1. The van der Waals surface area contributed by atoms with Crippen LogP contribution >= 0.6 is 11.3 Å². The SMILES string of the molecule is C[C@H]1C[C@@]2(CCN1C(=O)C(F)(F)F)OCC(=O)c1ccsc12. The molecular weight excluding hydrogens is 319 g/mol. The quantitative estimate of drug-likeness (QED) is 0.733. The zero-order valence-corrected chi connectivity index (χ0v) is 12.6. The second kappa shape index (κ2) is 5.06. The fourth-order valence-electron chi connectivity index (χ4n) is 3.24. The number of halogens is 3. The first kappa shape index (κ1) is 15.5. The van der Waals surface area contributed by atoms with Crippen molar-refractivity contribution in [2.75, 3.05) is 13.2 Å². The average molecular weight is 333 g/mol. The molecule has 3 rings (SSSR count). The van der Waals surface area contributed by atoms with Crippen LogP contribution in [0.5, 0.6) is 0 Å². The van der Waals surface area contributed by atoms with Crippen molar-refractivity contribution in [1.29, 1.82) is 0 Å². The van der Waals surface area contributed by atoms with E-state index in [0.29, 0.717) is 5.56 Å². The molecule has 1 saturated heterocycles. The topological polar surface area (TPSA) is 46.6 Å². The number of hydrogen-bond donors (Lipinski definition) is 0. The number of hydrogen-bond acceptors (Lipinski definition) is 4. The molecule has 1 aromatic rings. The fraction of sp³-hybridized carbons (Fsp3) is 0.571. The van der Waals surface area contributed by atoms with E-state index in [4.69, 9.17) is 4.74 Å². The zero-order chi connectivity index (χ0) is 16.1. The number of alkyl halides is 3. The summed E-state index contributed by atoms with van der Waals surface area (Å²) < 4.78 is 43.6. The third kappa shape index (κ3) is 2.34. The van der Waals surface area contributed by atoms with Crippen LogP contribution in [-0.2, 0) is 15.1 Å². The molecule has 2 atom stereocenters. The van der Waals surface area contributed by atoms with E-state index in [1.54, 1.807) is 18.4 Å². The van der Waals surface area contributed by atoms with Crippen LogP contribution in [-0.4, -0.2) is 42.0 Å². The molecular formula is C14H14F3NO3S. The number of ketones is 1. The van der Waals surface area contributed by atoms with Gasteiger partial charge < -0.3 is 9.64 Å². The molecule has 0 bridgehead atoms. The Morgan fingerprint density at radius 1 is 1.50 bits per heavy atom. The number of fused-ring (bicyclic) bond motifs is 2. The van der Waals surface area contributed by atoms with Crippen LogP contribution in [0.1, 0.15) is 35.0 Å². The summed E-state index contributed by atoms with van der Waals surface area (Å²) >= 11 is 1.38. The van der Waals surface area contributed by atoms with E-state index >= 15 is 0 Å². The molecule has 22 heavy (non-hydrogen) atoms. The third-order valence-corrected chi connectivity index (χ3v) is 5.38. The van der Waals surface area contributed by atoms with E-state index in [9.17, 15) is 22.8 Å². The lowest BCUT2D eigenvalue weighted by Crippen LogP contribution is -2.55. The third-order valence-electron chi connectivity index (χ3n) is 4.28. The molecule has 2 aliphatic rings. The van der Waals surface area contributed by atoms with Crippen molar-refractivity contribution in [1.82, 2.24) is 4.90 Å². The average Bonchev–Trinajstić information content (AvgIpc) is 2.93. The minimum Gasteiger partial charge on any atom is -0.361 e. The highest BCUT2D eigenvalue weighted by Crippen LogP contribution is 2.46. The van der Waals surface area contributed by atoms with Gasteiger partial charge in [-0.2, -0.15) is 13.2 Å². The number of carbonyl (C=O) groups excluding carboxylic acids is 2. The van der Waals surface area contributed by atoms with E-state index in [2.05, 4.69) is 0 Å². The van der Waals surface area contributed by atoms with Gasteiger partial charge in [-0.25, -0.2) is 0 Å². The van der Waals surface area contributed by atoms with Crippen molar-refractivity contribution in [2.45, 2.75) is 37.6 Å². The first-order chi connectivity index (χ1) is 10.2. The number of carbonyl (C=O) groups is 2.